The number of ether oxygens (including phenoxy) is 2. The maximum absolute atomic E-state index is 15.0. The van der Waals surface area contributed by atoms with Crippen molar-refractivity contribution in [3.05, 3.63) is 58.8 Å². The molecule has 4 rings (SSSR count). The standard InChI is InChI=1S/C23H24ClF2N5O3/c1-12(15-6-18(26)16(7-17(15)25)14-9-27-30(3)10-14)5-21-28-20(24)8-22(29-21)31-19(13(2)33-4)11-34-23(31)32/h6-10,12-13,19H,5,11H2,1-4H3/t12-,13-,19-/m1/s1. The number of aromatic nitrogens is 4. The summed E-state index contributed by atoms with van der Waals surface area (Å²) in [4.78, 5) is 22.4. The van der Waals surface area contributed by atoms with Crippen molar-refractivity contribution in [2.75, 3.05) is 18.6 Å². The van der Waals surface area contributed by atoms with E-state index in [1.165, 1.54) is 34.0 Å². The van der Waals surface area contributed by atoms with Crippen LogP contribution in [0.3, 0.4) is 0 Å². The monoisotopic (exact) mass is 491 g/mol. The number of aryl methyl sites for hydroxylation is 1. The van der Waals surface area contributed by atoms with E-state index < -0.39 is 23.6 Å². The van der Waals surface area contributed by atoms with Crippen LogP contribution < -0.4 is 4.90 Å². The van der Waals surface area contributed by atoms with E-state index >= 15 is 0 Å². The first kappa shape index (κ1) is 24.0. The number of rotatable bonds is 7. The molecule has 0 N–H and O–H groups in total. The smallest absolute Gasteiger partial charge is 0.416 e. The van der Waals surface area contributed by atoms with Gasteiger partial charge in [-0.2, -0.15) is 5.10 Å². The van der Waals surface area contributed by atoms with E-state index in [1.807, 2.05) is 6.92 Å². The Bertz CT molecular complexity index is 1220. The Hall–Kier alpha value is -3.11. The lowest BCUT2D eigenvalue weighted by molar-refractivity contribution is 0.0881. The van der Waals surface area contributed by atoms with Crippen molar-refractivity contribution in [1.29, 1.82) is 0 Å². The number of nitrogens with zero attached hydrogens (tertiary/aromatic N) is 5. The summed E-state index contributed by atoms with van der Waals surface area (Å²) in [7, 11) is 3.24. The van der Waals surface area contributed by atoms with Crippen LogP contribution in [0.2, 0.25) is 5.15 Å². The lowest BCUT2D eigenvalue weighted by atomic mass is 9.94. The van der Waals surface area contributed by atoms with Gasteiger partial charge in [0.1, 0.15) is 41.1 Å². The molecule has 0 aliphatic carbocycles. The van der Waals surface area contributed by atoms with E-state index in [0.29, 0.717) is 5.56 Å². The van der Waals surface area contributed by atoms with Gasteiger partial charge in [0.2, 0.25) is 0 Å². The second-order valence-corrected chi connectivity index (χ2v) is 8.67. The fourth-order valence-corrected chi connectivity index (χ4v) is 4.17. The number of cyclic esters (lactones) is 1. The SMILES string of the molecule is CO[C@H](C)[C@H]1COC(=O)N1c1cc(Cl)nc(C[C@@H](C)c2cc(F)c(-c3cnn(C)c3)cc2F)n1. The van der Waals surface area contributed by atoms with E-state index in [9.17, 15) is 13.6 Å². The molecule has 180 valence electrons. The Morgan fingerprint density at radius 1 is 1.24 bits per heavy atom. The highest BCUT2D eigenvalue weighted by atomic mass is 35.5. The first-order chi connectivity index (χ1) is 16.2. The zero-order valence-corrected chi connectivity index (χ0v) is 19.9. The van der Waals surface area contributed by atoms with E-state index in [-0.39, 0.29) is 53.1 Å². The van der Waals surface area contributed by atoms with Crippen molar-refractivity contribution in [2.24, 2.45) is 7.05 Å². The molecule has 1 saturated heterocycles. The molecule has 11 heteroatoms. The van der Waals surface area contributed by atoms with Gasteiger partial charge >= 0.3 is 6.09 Å². The van der Waals surface area contributed by atoms with Crippen molar-refractivity contribution in [3.8, 4) is 11.1 Å². The summed E-state index contributed by atoms with van der Waals surface area (Å²) < 4.78 is 41.8. The van der Waals surface area contributed by atoms with E-state index in [2.05, 4.69) is 15.1 Å². The maximum Gasteiger partial charge on any atom is 0.416 e. The summed E-state index contributed by atoms with van der Waals surface area (Å²) in [6.45, 7) is 3.71. The zero-order valence-electron chi connectivity index (χ0n) is 19.1. The van der Waals surface area contributed by atoms with Gasteiger partial charge in [0.25, 0.3) is 0 Å². The molecule has 1 amide bonds. The molecule has 1 fully saturated rings. The highest BCUT2D eigenvalue weighted by Crippen LogP contribution is 2.31. The highest BCUT2D eigenvalue weighted by molar-refractivity contribution is 6.29. The largest absolute Gasteiger partial charge is 0.447 e. The van der Waals surface area contributed by atoms with Gasteiger partial charge in [0.15, 0.2) is 0 Å². The van der Waals surface area contributed by atoms with Gasteiger partial charge in [0.05, 0.1) is 12.3 Å². The predicted molar refractivity (Wildman–Crippen MR) is 122 cm³/mol. The van der Waals surface area contributed by atoms with Crippen LogP contribution in [0.5, 0.6) is 0 Å². The number of halogens is 3. The van der Waals surface area contributed by atoms with Crippen LogP contribution in [0.15, 0.2) is 30.6 Å². The minimum atomic E-state index is -0.568. The summed E-state index contributed by atoms with van der Waals surface area (Å²) in [5.74, 6) is -1.03. The van der Waals surface area contributed by atoms with Crippen molar-refractivity contribution in [1.82, 2.24) is 19.7 Å². The summed E-state index contributed by atoms with van der Waals surface area (Å²) in [6.07, 6.45) is 2.38. The fourth-order valence-electron chi connectivity index (χ4n) is 3.97. The average Bonchev–Trinajstić information content (AvgIpc) is 3.39. The Balaban J connectivity index is 1.60. The molecule has 3 aromatic rings. The first-order valence-electron chi connectivity index (χ1n) is 10.7. The Kier molecular flexibility index (Phi) is 6.81. The molecular weight excluding hydrogens is 468 g/mol. The predicted octanol–water partition coefficient (Wildman–Crippen LogP) is 4.52. The topological polar surface area (TPSA) is 82.4 Å². The number of hydrogen-bond acceptors (Lipinski definition) is 6. The molecule has 0 radical (unpaired) electrons. The summed E-state index contributed by atoms with van der Waals surface area (Å²) >= 11 is 6.21. The number of amides is 1. The molecule has 0 saturated carbocycles. The van der Waals surface area contributed by atoms with Gasteiger partial charge < -0.3 is 9.47 Å². The molecule has 2 aromatic heterocycles. The number of hydrogen-bond donors (Lipinski definition) is 0. The fraction of sp³-hybridized carbons (Fsp3) is 0.391. The van der Waals surface area contributed by atoms with Crippen molar-refractivity contribution >= 4 is 23.5 Å². The van der Waals surface area contributed by atoms with Crippen LogP contribution in [-0.4, -0.2) is 51.7 Å². The van der Waals surface area contributed by atoms with Gasteiger partial charge in [-0.3, -0.25) is 9.58 Å². The Labute approximate surface area is 200 Å². The van der Waals surface area contributed by atoms with Crippen LogP contribution in [-0.2, 0) is 22.9 Å². The number of carbonyl (C=O) groups excluding carboxylic acids is 1. The molecule has 0 unspecified atom stereocenters. The number of carbonyl (C=O) groups is 1. The lowest BCUT2D eigenvalue weighted by Gasteiger charge is -2.25. The molecule has 1 aliphatic rings. The second kappa shape index (κ2) is 9.63. The number of benzene rings is 1. The van der Waals surface area contributed by atoms with Crippen LogP contribution in [0.1, 0.15) is 31.2 Å². The summed E-state index contributed by atoms with van der Waals surface area (Å²) in [6, 6.07) is 3.42. The second-order valence-electron chi connectivity index (χ2n) is 8.28. The Morgan fingerprint density at radius 2 is 2.00 bits per heavy atom. The molecule has 34 heavy (non-hydrogen) atoms. The zero-order chi connectivity index (χ0) is 24.6. The first-order valence-corrected chi connectivity index (χ1v) is 11.1. The van der Waals surface area contributed by atoms with Gasteiger partial charge in [-0.15, -0.1) is 0 Å². The van der Waals surface area contributed by atoms with Gasteiger partial charge in [-0.1, -0.05) is 18.5 Å². The molecular formula is C23H24ClF2N5O3. The van der Waals surface area contributed by atoms with Crippen molar-refractivity contribution in [2.45, 2.75) is 38.3 Å². The summed E-state index contributed by atoms with van der Waals surface area (Å²) in [5.41, 5.74) is 0.800. The lowest BCUT2D eigenvalue weighted by Crippen LogP contribution is -2.42. The van der Waals surface area contributed by atoms with E-state index in [1.54, 1.807) is 27.3 Å². The summed E-state index contributed by atoms with van der Waals surface area (Å²) in [5, 5.41) is 4.13. The molecule has 1 aromatic carbocycles. The molecule has 1 aliphatic heterocycles. The quantitative estimate of drug-likeness (QED) is 0.452. The average molecular weight is 492 g/mol. The Morgan fingerprint density at radius 3 is 2.68 bits per heavy atom. The molecule has 3 atom stereocenters. The third-order valence-corrected chi connectivity index (χ3v) is 6.11. The normalized spacial score (nSPS) is 17.7. The van der Waals surface area contributed by atoms with Crippen molar-refractivity contribution in [3.63, 3.8) is 0 Å². The third kappa shape index (κ3) is 4.74. The molecule has 0 spiro atoms. The van der Waals surface area contributed by atoms with Crippen LogP contribution in [0.4, 0.5) is 19.4 Å². The minimum Gasteiger partial charge on any atom is -0.447 e. The highest BCUT2D eigenvalue weighted by Gasteiger charge is 2.39. The maximum atomic E-state index is 15.0. The van der Waals surface area contributed by atoms with Crippen molar-refractivity contribution < 1.29 is 23.0 Å². The minimum absolute atomic E-state index is 0.120. The number of anilines is 1. The third-order valence-electron chi connectivity index (χ3n) is 5.92. The van der Waals surface area contributed by atoms with Gasteiger partial charge in [-0.25, -0.2) is 23.5 Å². The van der Waals surface area contributed by atoms with Gasteiger partial charge in [-0.05, 0) is 30.5 Å². The van der Waals surface area contributed by atoms with Crippen LogP contribution >= 0.6 is 11.6 Å². The van der Waals surface area contributed by atoms with Crippen LogP contribution in [0, 0.1) is 11.6 Å². The van der Waals surface area contributed by atoms with Crippen LogP contribution in [0.25, 0.3) is 11.1 Å². The van der Waals surface area contributed by atoms with E-state index in [4.69, 9.17) is 21.1 Å². The van der Waals surface area contributed by atoms with E-state index in [0.717, 1.165) is 0 Å². The molecule has 3 heterocycles. The molecule has 0 bridgehead atoms. The molecule has 8 nitrogen and oxygen atoms in total. The van der Waals surface area contributed by atoms with Gasteiger partial charge in [0, 0.05) is 44.0 Å². The number of methoxy groups -OCH3 is 1.